The lowest BCUT2D eigenvalue weighted by molar-refractivity contribution is 0.451. The van der Waals surface area contributed by atoms with E-state index in [9.17, 15) is 8.78 Å². The van der Waals surface area contributed by atoms with Crippen molar-refractivity contribution in [3.8, 4) is 11.6 Å². The summed E-state index contributed by atoms with van der Waals surface area (Å²) in [5.41, 5.74) is 0. The first-order valence-corrected chi connectivity index (χ1v) is 4.78. The minimum atomic E-state index is -0.711. The van der Waals surface area contributed by atoms with Crippen LogP contribution in [-0.4, -0.2) is 4.98 Å². The molecule has 0 saturated heterocycles. The minimum Gasteiger partial charge on any atom is -0.439 e. The first-order chi connectivity index (χ1) is 7.63. The standard InChI is InChI=1S/C11H6ClF2NO/c12-10-2-1-3-11(15-10)16-9-5-7(13)4-8(14)6-9/h1-6H. The average molecular weight is 242 g/mol. The van der Waals surface area contributed by atoms with Gasteiger partial charge in [-0.25, -0.2) is 13.8 Å². The number of hydrogen-bond acceptors (Lipinski definition) is 2. The van der Waals surface area contributed by atoms with Gasteiger partial charge in [-0.3, -0.25) is 0 Å². The molecule has 0 aliphatic heterocycles. The molecular weight excluding hydrogens is 236 g/mol. The lowest BCUT2D eigenvalue weighted by Crippen LogP contribution is -1.89. The van der Waals surface area contributed by atoms with Gasteiger partial charge in [0.2, 0.25) is 5.88 Å². The van der Waals surface area contributed by atoms with E-state index in [0.29, 0.717) is 0 Å². The summed E-state index contributed by atoms with van der Waals surface area (Å²) < 4.78 is 30.8. The molecule has 0 aliphatic rings. The summed E-state index contributed by atoms with van der Waals surface area (Å²) in [6.45, 7) is 0. The average Bonchev–Trinajstić information content (AvgIpc) is 2.15. The molecule has 2 rings (SSSR count). The van der Waals surface area contributed by atoms with Crippen molar-refractivity contribution in [1.82, 2.24) is 4.98 Å². The van der Waals surface area contributed by atoms with Crippen LogP contribution in [0, 0.1) is 11.6 Å². The van der Waals surface area contributed by atoms with Crippen molar-refractivity contribution >= 4 is 11.6 Å². The lowest BCUT2D eigenvalue weighted by Gasteiger charge is -2.04. The van der Waals surface area contributed by atoms with E-state index in [2.05, 4.69) is 4.98 Å². The first-order valence-electron chi connectivity index (χ1n) is 4.40. The van der Waals surface area contributed by atoms with Gasteiger partial charge in [-0.1, -0.05) is 17.7 Å². The van der Waals surface area contributed by atoms with Crippen molar-refractivity contribution in [1.29, 1.82) is 0 Å². The summed E-state index contributed by atoms with van der Waals surface area (Å²) in [7, 11) is 0. The van der Waals surface area contributed by atoms with Crippen LogP contribution in [0.3, 0.4) is 0 Å². The molecule has 5 heteroatoms. The number of ether oxygens (including phenoxy) is 1. The second kappa shape index (κ2) is 4.45. The van der Waals surface area contributed by atoms with E-state index < -0.39 is 11.6 Å². The summed E-state index contributed by atoms with van der Waals surface area (Å²) in [6.07, 6.45) is 0. The molecule has 16 heavy (non-hydrogen) atoms. The zero-order valence-corrected chi connectivity index (χ0v) is 8.71. The van der Waals surface area contributed by atoms with Gasteiger partial charge in [0, 0.05) is 24.3 Å². The third-order valence-electron chi connectivity index (χ3n) is 1.75. The molecule has 1 aromatic carbocycles. The van der Waals surface area contributed by atoms with Crippen LogP contribution in [-0.2, 0) is 0 Å². The van der Waals surface area contributed by atoms with E-state index in [-0.39, 0.29) is 16.8 Å². The van der Waals surface area contributed by atoms with Gasteiger partial charge in [-0.05, 0) is 6.07 Å². The Labute approximate surface area is 95.5 Å². The van der Waals surface area contributed by atoms with Crippen LogP contribution in [0.4, 0.5) is 8.78 Å². The topological polar surface area (TPSA) is 22.1 Å². The number of hydrogen-bond donors (Lipinski definition) is 0. The molecule has 0 bridgehead atoms. The number of benzene rings is 1. The Bertz CT molecular complexity index is 499. The Kier molecular flexibility index (Phi) is 3.01. The lowest BCUT2D eigenvalue weighted by atomic mass is 10.3. The first kappa shape index (κ1) is 10.8. The monoisotopic (exact) mass is 241 g/mol. The molecule has 1 heterocycles. The Morgan fingerprint density at radius 1 is 1.06 bits per heavy atom. The Balaban J connectivity index is 2.27. The van der Waals surface area contributed by atoms with Crippen molar-refractivity contribution in [2.24, 2.45) is 0 Å². The zero-order valence-electron chi connectivity index (χ0n) is 7.95. The fourth-order valence-corrected chi connectivity index (χ4v) is 1.31. The fourth-order valence-electron chi connectivity index (χ4n) is 1.15. The normalized spacial score (nSPS) is 10.2. The van der Waals surface area contributed by atoms with E-state index >= 15 is 0 Å². The predicted octanol–water partition coefficient (Wildman–Crippen LogP) is 3.81. The van der Waals surface area contributed by atoms with Gasteiger partial charge >= 0.3 is 0 Å². The molecule has 0 spiro atoms. The third kappa shape index (κ3) is 2.67. The molecule has 0 aliphatic carbocycles. The maximum atomic E-state index is 12.8. The van der Waals surface area contributed by atoms with Crippen LogP contribution in [0.25, 0.3) is 0 Å². The molecule has 2 nitrogen and oxygen atoms in total. The zero-order chi connectivity index (χ0) is 11.5. The second-order valence-electron chi connectivity index (χ2n) is 3.01. The van der Waals surface area contributed by atoms with E-state index in [1.165, 1.54) is 6.07 Å². The Morgan fingerprint density at radius 3 is 2.38 bits per heavy atom. The summed E-state index contributed by atoms with van der Waals surface area (Å²) in [5, 5.41) is 0.245. The van der Waals surface area contributed by atoms with Crippen molar-refractivity contribution in [3.63, 3.8) is 0 Å². The van der Waals surface area contributed by atoms with Crippen LogP contribution in [0.1, 0.15) is 0 Å². The quantitative estimate of drug-likeness (QED) is 0.746. The number of pyridine rings is 1. The van der Waals surface area contributed by atoms with Crippen molar-refractivity contribution in [3.05, 3.63) is 53.2 Å². The fraction of sp³-hybridized carbons (Fsp3) is 0. The van der Waals surface area contributed by atoms with E-state index in [0.717, 1.165) is 18.2 Å². The van der Waals surface area contributed by atoms with Crippen LogP contribution in [0.15, 0.2) is 36.4 Å². The van der Waals surface area contributed by atoms with E-state index in [4.69, 9.17) is 16.3 Å². The van der Waals surface area contributed by atoms with Gasteiger partial charge in [0.15, 0.2) is 0 Å². The Morgan fingerprint density at radius 2 is 1.75 bits per heavy atom. The second-order valence-corrected chi connectivity index (χ2v) is 3.39. The van der Waals surface area contributed by atoms with E-state index in [1.807, 2.05) is 0 Å². The highest BCUT2D eigenvalue weighted by molar-refractivity contribution is 6.29. The van der Waals surface area contributed by atoms with Gasteiger partial charge in [0.05, 0.1) is 0 Å². The SMILES string of the molecule is Fc1cc(F)cc(Oc2cccc(Cl)n2)c1. The molecule has 0 amide bonds. The van der Waals surface area contributed by atoms with Crippen LogP contribution < -0.4 is 4.74 Å². The van der Waals surface area contributed by atoms with Gasteiger partial charge in [0.1, 0.15) is 22.5 Å². The van der Waals surface area contributed by atoms with Gasteiger partial charge in [-0.15, -0.1) is 0 Å². The van der Waals surface area contributed by atoms with Crippen LogP contribution in [0.2, 0.25) is 5.15 Å². The van der Waals surface area contributed by atoms with Crippen molar-refractivity contribution in [2.45, 2.75) is 0 Å². The highest BCUT2D eigenvalue weighted by Gasteiger charge is 2.03. The smallest absolute Gasteiger partial charge is 0.220 e. The van der Waals surface area contributed by atoms with Gasteiger partial charge < -0.3 is 4.74 Å². The molecule has 0 fully saturated rings. The molecule has 0 N–H and O–H groups in total. The largest absolute Gasteiger partial charge is 0.439 e. The third-order valence-corrected chi connectivity index (χ3v) is 1.96. The minimum absolute atomic E-state index is 0.0345. The summed E-state index contributed by atoms with van der Waals surface area (Å²) in [5.74, 6) is -1.21. The maximum absolute atomic E-state index is 12.8. The number of aromatic nitrogens is 1. The molecular formula is C11H6ClF2NO. The summed E-state index contributed by atoms with van der Waals surface area (Å²) >= 11 is 5.63. The number of nitrogens with zero attached hydrogens (tertiary/aromatic N) is 1. The summed E-state index contributed by atoms with van der Waals surface area (Å²) in [4.78, 5) is 3.83. The van der Waals surface area contributed by atoms with Crippen LogP contribution in [0.5, 0.6) is 11.6 Å². The van der Waals surface area contributed by atoms with E-state index in [1.54, 1.807) is 12.1 Å². The maximum Gasteiger partial charge on any atom is 0.220 e. The molecule has 1 aromatic heterocycles. The number of rotatable bonds is 2. The van der Waals surface area contributed by atoms with Crippen molar-refractivity contribution in [2.75, 3.05) is 0 Å². The highest BCUT2D eigenvalue weighted by atomic mass is 35.5. The van der Waals surface area contributed by atoms with Gasteiger partial charge in [-0.2, -0.15) is 0 Å². The predicted molar refractivity (Wildman–Crippen MR) is 55.7 cm³/mol. The molecule has 0 atom stereocenters. The number of halogens is 3. The molecule has 2 aromatic rings. The van der Waals surface area contributed by atoms with Gasteiger partial charge in [0.25, 0.3) is 0 Å². The molecule has 0 saturated carbocycles. The summed E-state index contributed by atoms with van der Waals surface area (Å²) in [6, 6.07) is 7.62. The Hall–Kier alpha value is -1.68. The molecule has 0 radical (unpaired) electrons. The molecule has 0 unspecified atom stereocenters. The van der Waals surface area contributed by atoms with Crippen molar-refractivity contribution < 1.29 is 13.5 Å². The molecule has 82 valence electrons. The van der Waals surface area contributed by atoms with Crippen LogP contribution >= 0.6 is 11.6 Å². The highest BCUT2D eigenvalue weighted by Crippen LogP contribution is 2.22.